The van der Waals surface area contributed by atoms with Gasteiger partial charge in [0.15, 0.2) is 0 Å². The van der Waals surface area contributed by atoms with E-state index in [9.17, 15) is 9.50 Å². The van der Waals surface area contributed by atoms with Gasteiger partial charge in [0.2, 0.25) is 0 Å². The molecule has 106 valence electrons. The summed E-state index contributed by atoms with van der Waals surface area (Å²) in [5, 5.41) is 12.3. The monoisotopic (exact) mass is 266 g/mol. The molecule has 19 heavy (non-hydrogen) atoms. The summed E-state index contributed by atoms with van der Waals surface area (Å²) in [4.78, 5) is 2.23. The molecule has 1 aliphatic heterocycles. The lowest BCUT2D eigenvalue weighted by molar-refractivity contribution is 0.203. The van der Waals surface area contributed by atoms with Crippen molar-refractivity contribution in [3.8, 4) is 0 Å². The van der Waals surface area contributed by atoms with Gasteiger partial charge in [0, 0.05) is 37.0 Å². The van der Waals surface area contributed by atoms with Crippen molar-refractivity contribution >= 4 is 5.69 Å². The van der Waals surface area contributed by atoms with Crippen LogP contribution in [0.5, 0.6) is 0 Å². The van der Waals surface area contributed by atoms with Crippen LogP contribution < -0.4 is 10.2 Å². The third kappa shape index (κ3) is 3.07. The molecule has 4 heteroatoms. The molecule has 0 bridgehead atoms. The van der Waals surface area contributed by atoms with Crippen molar-refractivity contribution in [3.63, 3.8) is 0 Å². The maximum Gasteiger partial charge on any atom is 0.130 e. The second-order valence-corrected chi connectivity index (χ2v) is 5.30. The predicted octanol–water partition coefficient (Wildman–Crippen LogP) is 2.31. The number of piperidine rings is 1. The van der Waals surface area contributed by atoms with Crippen molar-refractivity contribution in [3.05, 3.63) is 29.6 Å². The highest BCUT2D eigenvalue weighted by molar-refractivity contribution is 5.55. The number of anilines is 1. The minimum Gasteiger partial charge on any atom is -0.396 e. The number of aliphatic hydroxyl groups excluding tert-OH is 1. The molecule has 1 aliphatic rings. The summed E-state index contributed by atoms with van der Waals surface area (Å²) >= 11 is 0. The van der Waals surface area contributed by atoms with Gasteiger partial charge >= 0.3 is 0 Å². The van der Waals surface area contributed by atoms with Gasteiger partial charge in [0.25, 0.3) is 0 Å². The topological polar surface area (TPSA) is 35.5 Å². The second kappa shape index (κ2) is 6.35. The molecule has 1 heterocycles. The Kier molecular flexibility index (Phi) is 4.77. The number of halogens is 1. The minimum absolute atomic E-state index is 0.00762. The number of benzene rings is 1. The van der Waals surface area contributed by atoms with Gasteiger partial charge in [-0.2, -0.15) is 0 Å². The molecule has 1 aromatic carbocycles. The number of hydrogen-bond donors (Lipinski definition) is 2. The third-order valence-corrected chi connectivity index (χ3v) is 4.11. The van der Waals surface area contributed by atoms with Crippen LogP contribution in [0.25, 0.3) is 0 Å². The van der Waals surface area contributed by atoms with E-state index >= 15 is 0 Å². The van der Waals surface area contributed by atoms with E-state index in [2.05, 4.69) is 10.2 Å². The Balaban J connectivity index is 2.23. The highest BCUT2D eigenvalue weighted by atomic mass is 19.1. The Hall–Kier alpha value is -1.13. The number of hydrogen-bond acceptors (Lipinski definition) is 3. The van der Waals surface area contributed by atoms with Crippen LogP contribution in [0.2, 0.25) is 0 Å². The predicted molar refractivity (Wildman–Crippen MR) is 75.9 cm³/mol. The summed E-state index contributed by atoms with van der Waals surface area (Å²) in [6, 6.07) is 5.28. The first-order valence-electron chi connectivity index (χ1n) is 6.98. The maximum absolute atomic E-state index is 14.1. The van der Waals surface area contributed by atoms with Crippen LogP contribution in [0.4, 0.5) is 10.1 Å². The molecule has 0 aromatic heterocycles. The normalized spacial score (nSPS) is 18.6. The minimum atomic E-state index is -0.149. The molecule has 0 amide bonds. The molecule has 3 nitrogen and oxygen atoms in total. The first kappa shape index (κ1) is 14.3. The Morgan fingerprint density at radius 2 is 2.11 bits per heavy atom. The third-order valence-electron chi connectivity index (χ3n) is 4.11. The van der Waals surface area contributed by atoms with Crippen molar-refractivity contribution in [1.82, 2.24) is 5.32 Å². The lowest BCUT2D eigenvalue weighted by atomic mass is 9.96. The van der Waals surface area contributed by atoms with Crippen molar-refractivity contribution in [2.75, 3.05) is 31.6 Å². The molecule has 0 radical (unpaired) electrons. The standard InChI is InChI=1S/C15H23FN2O/c1-11(17-2)15-13(16)4-3-5-14(15)18-8-6-12(10-19)7-9-18/h3-5,11-12,17,19H,6-10H2,1-2H3. The summed E-state index contributed by atoms with van der Waals surface area (Å²) in [6.07, 6.45) is 1.95. The maximum atomic E-state index is 14.1. The van der Waals surface area contributed by atoms with Gasteiger partial charge in [-0.15, -0.1) is 0 Å². The highest BCUT2D eigenvalue weighted by Gasteiger charge is 2.23. The first-order chi connectivity index (χ1) is 9.17. The Labute approximate surface area is 114 Å². The van der Waals surface area contributed by atoms with Crippen LogP contribution in [0.1, 0.15) is 31.4 Å². The fourth-order valence-electron chi connectivity index (χ4n) is 2.73. The van der Waals surface area contributed by atoms with E-state index in [0.29, 0.717) is 5.92 Å². The summed E-state index contributed by atoms with van der Waals surface area (Å²) in [7, 11) is 1.85. The van der Waals surface area contributed by atoms with Crippen LogP contribution in [-0.4, -0.2) is 31.9 Å². The molecule has 0 spiro atoms. The SMILES string of the molecule is CNC(C)c1c(F)cccc1N1CCC(CO)CC1. The van der Waals surface area contributed by atoms with E-state index in [0.717, 1.165) is 37.2 Å². The summed E-state index contributed by atoms with van der Waals surface area (Å²) in [6.45, 7) is 4.01. The van der Waals surface area contributed by atoms with Gasteiger partial charge in [-0.25, -0.2) is 4.39 Å². The molecule has 1 saturated heterocycles. The smallest absolute Gasteiger partial charge is 0.130 e. The quantitative estimate of drug-likeness (QED) is 0.878. The number of nitrogens with one attached hydrogen (secondary N) is 1. The van der Waals surface area contributed by atoms with Gasteiger partial charge in [-0.05, 0) is 44.9 Å². The fraction of sp³-hybridized carbons (Fsp3) is 0.600. The van der Waals surface area contributed by atoms with Gasteiger partial charge in [0.1, 0.15) is 5.82 Å². The summed E-state index contributed by atoms with van der Waals surface area (Å²) in [5.74, 6) is 0.249. The summed E-state index contributed by atoms with van der Waals surface area (Å²) < 4.78 is 14.1. The van der Waals surface area contributed by atoms with E-state index in [1.807, 2.05) is 20.0 Å². The molecule has 2 N–H and O–H groups in total. The molecule has 1 atom stereocenters. The molecule has 2 rings (SSSR count). The van der Waals surface area contributed by atoms with Crippen LogP contribution >= 0.6 is 0 Å². The summed E-state index contributed by atoms with van der Waals surface area (Å²) in [5.41, 5.74) is 1.73. The van der Waals surface area contributed by atoms with Crippen molar-refractivity contribution in [1.29, 1.82) is 0 Å². The van der Waals surface area contributed by atoms with Gasteiger partial charge in [0.05, 0.1) is 0 Å². The lowest BCUT2D eigenvalue weighted by Gasteiger charge is -2.35. The van der Waals surface area contributed by atoms with Gasteiger partial charge < -0.3 is 15.3 Å². The van der Waals surface area contributed by atoms with Gasteiger partial charge in [-0.1, -0.05) is 6.07 Å². The molecular weight excluding hydrogens is 243 g/mol. The molecule has 1 aromatic rings. The Bertz CT molecular complexity index is 417. The first-order valence-corrected chi connectivity index (χ1v) is 6.98. The Morgan fingerprint density at radius 1 is 1.42 bits per heavy atom. The molecule has 0 aliphatic carbocycles. The van der Waals surface area contributed by atoms with E-state index < -0.39 is 0 Å². The number of aliphatic hydroxyl groups is 1. The zero-order valence-corrected chi connectivity index (χ0v) is 11.7. The van der Waals surface area contributed by atoms with E-state index in [1.54, 1.807) is 6.07 Å². The zero-order chi connectivity index (χ0) is 13.8. The molecule has 1 unspecified atom stereocenters. The second-order valence-electron chi connectivity index (χ2n) is 5.30. The highest BCUT2D eigenvalue weighted by Crippen LogP contribution is 2.31. The number of rotatable bonds is 4. The fourth-order valence-corrected chi connectivity index (χ4v) is 2.73. The van der Waals surface area contributed by atoms with Crippen LogP contribution in [-0.2, 0) is 0 Å². The van der Waals surface area contributed by atoms with Crippen LogP contribution in [0.15, 0.2) is 18.2 Å². The Morgan fingerprint density at radius 3 is 2.68 bits per heavy atom. The number of nitrogens with zero attached hydrogens (tertiary/aromatic N) is 1. The molecule has 0 saturated carbocycles. The largest absolute Gasteiger partial charge is 0.396 e. The van der Waals surface area contributed by atoms with Gasteiger partial charge in [-0.3, -0.25) is 0 Å². The average molecular weight is 266 g/mol. The lowest BCUT2D eigenvalue weighted by Crippen LogP contribution is -2.36. The zero-order valence-electron chi connectivity index (χ0n) is 11.7. The van der Waals surface area contributed by atoms with E-state index in [1.165, 1.54) is 6.07 Å². The van der Waals surface area contributed by atoms with Crippen LogP contribution in [0, 0.1) is 11.7 Å². The van der Waals surface area contributed by atoms with E-state index in [4.69, 9.17) is 0 Å². The van der Waals surface area contributed by atoms with Crippen LogP contribution in [0.3, 0.4) is 0 Å². The average Bonchev–Trinajstić information content (AvgIpc) is 2.46. The van der Waals surface area contributed by atoms with Crippen molar-refractivity contribution < 1.29 is 9.50 Å². The molecular formula is C15H23FN2O. The molecule has 1 fully saturated rings. The van der Waals surface area contributed by atoms with E-state index in [-0.39, 0.29) is 18.5 Å². The van der Waals surface area contributed by atoms with Crippen molar-refractivity contribution in [2.24, 2.45) is 5.92 Å². The van der Waals surface area contributed by atoms with Crippen molar-refractivity contribution in [2.45, 2.75) is 25.8 Å².